The van der Waals surface area contributed by atoms with Crippen molar-refractivity contribution in [2.45, 2.75) is 13.8 Å². The van der Waals surface area contributed by atoms with Gasteiger partial charge in [0.15, 0.2) is 5.96 Å². The summed E-state index contributed by atoms with van der Waals surface area (Å²) in [5.74, 6) is -1.20. The number of hydrogen-bond acceptors (Lipinski definition) is 3. The van der Waals surface area contributed by atoms with Gasteiger partial charge < -0.3 is 21.9 Å². The number of rotatable bonds is 1. The van der Waals surface area contributed by atoms with E-state index in [0.29, 0.717) is 0 Å². The fraction of sp³-hybridized carbons (Fsp3) is 0.182. The predicted octanol–water partition coefficient (Wildman–Crippen LogP) is 0.574. The first-order chi connectivity index (χ1) is 8.25. The molecule has 0 saturated carbocycles. The first-order valence-electron chi connectivity index (χ1n) is 4.87. The maximum Gasteiger partial charge on any atom is 0.300 e. The number of nitrogens with one attached hydrogen (secondary N) is 2. The van der Waals surface area contributed by atoms with E-state index in [1.807, 2.05) is 30.3 Å². The lowest BCUT2D eigenvalue weighted by Gasteiger charge is -1.98. The van der Waals surface area contributed by atoms with Gasteiger partial charge in [0.2, 0.25) is 5.91 Å². The first-order valence-corrected chi connectivity index (χ1v) is 4.87. The van der Waals surface area contributed by atoms with Gasteiger partial charge in [-0.05, 0) is 12.1 Å². The van der Waals surface area contributed by atoms with Crippen LogP contribution < -0.4 is 16.8 Å². The number of hydrogen-bond donors (Lipinski definition) is 5. The molecule has 1 aromatic rings. The topological polar surface area (TPSA) is 142 Å². The smallest absolute Gasteiger partial charge is 0.300 e. The van der Waals surface area contributed by atoms with Crippen molar-refractivity contribution < 1.29 is 14.7 Å². The van der Waals surface area contributed by atoms with Crippen LogP contribution in [0.3, 0.4) is 0 Å². The van der Waals surface area contributed by atoms with E-state index in [1.165, 1.54) is 6.92 Å². The quantitative estimate of drug-likeness (QED) is 0.368. The normalized spacial score (nSPS) is 7.67. The van der Waals surface area contributed by atoms with Crippen molar-refractivity contribution in [1.82, 2.24) is 0 Å². The van der Waals surface area contributed by atoms with Gasteiger partial charge in [-0.3, -0.25) is 15.0 Å². The summed E-state index contributed by atoms with van der Waals surface area (Å²) in [7, 11) is 0. The number of guanidine groups is 1. The minimum Gasteiger partial charge on any atom is -0.481 e. The molecule has 7 nitrogen and oxygen atoms in total. The van der Waals surface area contributed by atoms with Crippen LogP contribution in [0.5, 0.6) is 0 Å². The average Bonchev–Trinajstić information content (AvgIpc) is 2.16. The monoisotopic (exact) mass is 254 g/mol. The molecule has 0 unspecified atom stereocenters. The molecule has 0 aliphatic rings. The predicted molar refractivity (Wildman–Crippen MR) is 70.2 cm³/mol. The zero-order chi connectivity index (χ0) is 14.6. The zero-order valence-electron chi connectivity index (χ0n) is 10.3. The molecule has 0 fully saturated rings. The van der Waals surface area contributed by atoms with E-state index >= 15 is 0 Å². The molecule has 7 heteroatoms. The van der Waals surface area contributed by atoms with E-state index in [9.17, 15) is 4.79 Å². The van der Waals surface area contributed by atoms with Gasteiger partial charge in [0.05, 0.1) is 0 Å². The molecule has 7 N–H and O–H groups in total. The van der Waals surface area contributed by atoms with Gasteiger partial charge in [-0.25, -0.2) is 0 Å². The highest BCUT2D eigenvalue weighted by Crippen LogP contribution is 2.03. The van der Waals surface area contributed by atoms with Crippen LogP contribution in [0.1, 0.15) is 13.8 Å². The van der Waals surface area contributed by atoms with Crippen molar-refractivity contribution in [3.63, 3.8) is 0 Å². The summed E-state index contributed by atoms with van der Waals surface area (Å²) in [5, 5.41) is 16.1. The Kier molecular flexibility index (Phi) is 10.8. The van der Waals surface area contributed by atoms with Crippen molar-refractivity contribution in [3.05, 3.63) is 30.3 Å². The van der Waals surface area contributed by atoms with Gasteiger partial charge in [0, 0.05) is 19.5 Å². The van der Waals surface area contributed by atoms with Crippen molar-refractivity contribution in [2.75, 3.05) is 5.32 Å². The first kappa shape index (κ1) is 17.8. The van der Waals surface area contributed by atoms with Crippen molar-refractivity contribution in [2.24, 2.45) is 11.5 Å². The highest BCUT2D eigenvalue weighted by molar-refractivity contribution is 5.88. The van der Waals surface area contributed by atoms with Gasteiger partial charge in [0.1, 0.15) is 0 Å². The molecular weight excluding hydrogens is 236 g/mol. The molecule has 1 aromatic carbocycles. The van der Waals surface area contributed by atoms with Crippen molar-refractivity contribution in [3.8, 4) is 0 Å². The number of para-hydroxylation sites is 1. The Labute approximate surface area is 105 Å². The summed E-state index contributed by atoms with van der Waals surface area (Å²) >= 11 is 0. The minimum absolute atomic E-state index is 0.0359. The van der Waals surface area contributed by atoms with Crippen LogP contribution >= 0.6 is 0 Å². The lowest BCUT2D eigenvalue weighted by atomic mass is 10.3. The molecule has 0 bridgehead atoms. The van der Waals surface area contributed by atoms with Crippen molar-refractivity contribution in [1.29, 1.82) is 5.41 Å². The Morgan fingerprint density at radius 3 is 1.78 bits per heavy atom. The van der Waals surface area contributed by atoms with E-state index in [0.717, 1.165) is 12.6 Å². The Bertz CT molecular complexity index is 359. The second-order valence-corrected chi connectivity index (χ2v) is 3.02. The number of carboxylic acids is 1. The minimum atomic E-state index is -0.833. The maximum atomic E-state index is 10.5. The van der Waals surface area contributed by atoms with Gasteiger partial charge in [-0.15, -0.1) is 0 Å². The zero-order valence-corrected chi connectivity index (χ0v) is 10.3. The van der Waals surface area contributed by atoms with Crippen molar-refractivity contribution >= 4 is 23.5 Å². The maximum absolute atomic E-state index is 10.5. The van der Waals surface area contributed by atoms with E-state index < -0.39 is 5.97 Å². The van der Waals surface area contributed by atoms with E-state index in [-0.39, 0.29) is 11.9 Å². The molecule has 0 saturated heterocycles. The number of benzene rings is 1. The fourth-order valence-corrected chi connectivity index (χ4v) is 0.725. The van der Waals surface area contributed by atoms with Crippen LogP contribution in [-0.2, 0) is 9.59 Å². The van der Waals surface area contributed by atoms with Crippen LogP contribution in [0, 0.1) is 5.41 Å². The summed E-state index contributed by atoms with van der Waals surface area (Å²) in [6.07, 6.45) is 0. The molecule has 0 aliphatic heterocycles. The molecule has 1 amide bonds. The number of carbonyl (C=O) groups excluding carboxylic acids is 1. The number of aliphatic carboxylic acids is 1. The van der Waals surface area contributed by atoms with Gasteiger partial charge in [0.25, 0.3) is 5.97 Å². The number of nitrogens with two attached hydrogens (primary N) is 2. The summed E-state index contributed by atoms with van der Waals surface area (Å²) in [5.41, 5.74) is 9.79. The largest absolute Gasteiger partial charge is 0.481 e. The van der Waals surface area contributed by atoms with Gasteiger partial charge in [-0.1, -0.05) is 18.2 Å². The SMILES string of the molecule is CC(=O)Nc1ccccc1.CC(=O)O.N=C(N)N. The molecule has 18 heavy (non-hydrogen) atoms. The third-order valence-corrected chi connectivity index (χ3v) is 1.09. The van der Waals surface area contributed by atoms with Crippen LogP contribution in [-0.4, -0.2) is 22.9 Å². The van der Waals surface area contributed by atoms with E-state index in [1.54, 1.807) is 0 Å². The summed E-state index contributed by atoms with van der Waals surface area (Å²) < 4.78 is 0. The lowest BCUT2D eigenvalue weighted by molar-refractivity contribution is -0.134. The standard InChI is InChI=1S/C8H9NO.C2H4O2.CH5N3/c1-7(10)9-8-5-3-2-4-6-8;1-2(3)4;2-1(3)4/h2-6H,1H3,(H,9,10);1H3,(H,3,4);(H5,2,3,4). The van der Waals surface area contributed by atoms with Crippen LogP contribution in [0.25, 0.3) is 0 Å². The molecule has 0 radical (unpaired) electrons. The van der Waals surface area contributed by atoms with Gasteiger partial charge >= 0.3 is 0 Å². The fourth-order valence-electron chi connectivity index (χ4n) is 0.725. The third kappa shape index (κ3) is 23.3. The second kappa shape index (κ2) is 10.9. The average molecular weight is 254 g/mol. The molecule has 100 valence electrons. The number of carbonyl (C=O) groups is 2. The lowest BCUT2D eigenvalue weighted by Crippen LogP contribution is -2.20. The highest BCUT2D eigenvalue weighted by atomic mass is 16.4. The summed E-state index contributed by atoms with van der Waals surface area (Å²) in [6.45, 7) is 2.58. The van der Waals surface area contributed by atoms with E-state index in [2.05, 4.69) is 16.8 Å². The molecule has 0 aromatic heterocycles. The number of anilines is 1. The van der Waals surface area contributed by atoms with Gasteiger partial charge in [-0.2, -0.15) is 0 Å². The van der Waals surface area contributed by atoms with E-state index in [4.69, 9.17) is 15.3 Å². The highest BCUT2D eigenvalue weighted by Gasteiger charge is 1.90. The Morgan fingerprint density at radius 1 is 1.17 bits per heavy atom. The third-order valence-electron chi connectivity index (χ3n) is 1.09. The van der Waals surface area contributed by atoms with Crippen LogP contribution in [0.4, 0.5) is 5.69 Å². The Morgan fingerprint density at radius 2 is 1.50 bits per heavy atom. The number of amides is 1. The molecule has 0 atom stereocenters. The second-order valence-electron chi connectivity index (χ2n) is 3.02. The Balaban J connectivity index is 0. The molecular formula is C11H18N4O3. The van der Waals surface area contributed by atoms with Crippen LogP contribution in [0.2, 0.25) is 0 Å². The Hall–Kier alpha value is -2.57. The summed E-state index contributed by atoms with van der Waals surface area (Å²) in [4.78, 5) is 19.5. The molecule has 0 aliphatic carbocycles. The molecule has 1 rings (SSSR count). The summed E-state index contributed by atoms with van der Waals surface area (Å²) in [6, 6.07) is 9.37. The molecule has 0 heterocycles. The number of carboxylic acid groups (broad SMARTS) is 1. The van der Waals surface area contributed by atoms with Crippen LogP contribution in [0.15, 0.2) is 30.3 Å². The molecule has 0 spiro atoms.